The monoisotopic (exact) mass is 536 g/mol. The fourth-order valence-electron chi connectivity index (χ4n) is 4.63. The minimum absolute atomic E-state index is 0.0249. The predicted octanol–water partition coefficient (Wildman–Crippen LogP) is 7.15. The molecule has 0 saturated carbocycles. The maximum absolute atomic E-state index is 13.5. The smallest absolute Gasteiger partial charge is 0.349 e. The minimum Gasteiger partial charge on any atom is -0.511 e. The van der Waals surface area contributed by atoms with E-state index < -0.39 is 17.7 Å². The summed E-state index contributed by atoms with van der Waals surface area (Å²) < 4.78 is 6.17. The van der Waals surface area contributed by atoms with E-state index in [-0.39, 0.29) is 29.1 Å². The summed E-state index contributed by atoms with van der Waals surface area (Å²) in [6.45, 7) is 11.7. The summed E-state index contributed by atoms with van der Waals surface area (Å²) in [5, 5.41) is 30.7. The fraction of sp³-hybridized carbons (Fsp3) is 0.406. The Bertz CT molecular complexity index is 1190. The van der Waals surface area contributed by atoms with Crippen molar-refractivity contribution < 1.29 is 24.9 Å². The molecule has 1 aliphatic rings. The third kappa shape index (κ3) is 7.19. The van der Waals surface area contributed by atoms with E-state index in [0.717, 1.165) is 33.6 Å². The van der Waals surface area contributed by atoms with Gasteiger partial charge in [-0.3, -0.25) is 0 Å². The highest BCUT2D eigenvalue weighted by Gasteiger charge is 2.43. The Morgan fingerprint density at radius 1 is 1.16 bits per heavy atom. The summed E-state index contributed by atoms with van der Waals surface area (Å²) in [5.74, 6) is -0.513. The number of carbonyl (C=O) groups excluding carboxylic acids is 1. The van der Waals surface area contributed by atoms with Crippen molar-refractivity contribution in [2.75, 3.05) is 0 Å². The van der Waals surface area contributed by atoms with Gasteiger partial charge in [-0.05, 0) is 66.3 Å². The number of cyclic esters (lactones) is 1. The lowest BCUT2D eigenvalue weighted by atomic mass is 9.83. The molecule has 5 nitrogen and oxygen atoms in total. The van der Waals surface area contributed by atoms with Crippen LogP contribution in [0.3, 0.4) is 0 Å². The first-order chi connectivity index (χ1) is 18.0. The fourth-order valence-corrected chi connectivity index (χ4v) is 5.88. The molecule has 2 aromatic rings. The molecule has 204 valence electrons. The van der Waals surface area contributed by atoms with E-state index in [1.165, 1.54) is 17.8 Å². The lowest BCUT2D eigenvalue weighted by Gasteiger charge is -2.37. The standard InChI is InChI=1S/C32H40O5S/c1-6-25(34)16-12-7-8-13-17-32(24-14-10-9-11-15-24)20-27(35)29(30(36)37-32)38-28-18-22(2)23(21-33)19-26(28)31(3,4)5/h6-11,14-15,18-19,25,33-35H,1,12-13,16-17,20-21H2,2-5H3/b8-7+. The summed E-state index contributed by atoms with van der Waals surface area (Å²) >= 11 is 1.23. The number of esters is 1. The van der Waals surface area contributed by atoms with Crippen molar-refractivity contribution >= 4 is 17.7 Å². The van der Waals surface area contributed by atoms with Gasteiger partial charge in [-0.25, -0.2) is 4.79 Å². The third-order valence-corrected chi connectivity index (χ3v) is 8.06. The SMILES string of the molecule is C=CC(O)CC/C=C/CCC1(c2ccccc2)CC(O)=C(Sc2cc(C)c(CO)cc2C(C)(C)C)C(=O)O1. The van der Waals surface area contributed by atoms with E-state index in [1.54, 1.807) is 0 Å². The molecule has 1 aliphatic heterocycles. The number of aryl methyl sites for hydroxylation is 1. The van der Waals surface area contributed by atoms with Gasteiger partial charge in [-0.1, -0.05) is 87.2 Å². The lowest BCUT2D eigenvalue weighted by Crippen LogP contribution is -2.37. The first-order valence-electron chi connectivity index (χ1n) is 13.1. The van der Waals surface area contributed by atoms with Crippen LogP contribution in [0.25, 0.3) is 0 Å². The predicted molar refractivity (Wildman–Crippen MR) is 154 cm³/mol. The average molecular weight is 537 g/mol. The van der Waals surface area contributed by atoms with Crippen LogP contribution in [0.4, 0.5) is 0 Å². The van der Waals surface area contributed by atoms with Crippen molar-refractivity contribution in [3.05, 3.63) is 100 Å². The van der Waals surface area contributed by atoms with E-state index in [1.807, 2.05) is 61.5 Å². The molecule has 0 radical (unpaired) electrons. The summed E-state index contributed by atoms with van der Waals surface area (Å²) in [6, 6.07) is 13.5. The van der Waals surface area contributed by atoms with E-state index >= 15 is 0 Å². The van der Waals surface area contributed by atoms with Crippen LogP contribution in [0.1, 0.15) is 75.1 Å². The van der Waals surface area contributed by atoms with Crippen LogP contribution >= 0.6 is 11.8 Å². The molecule has 2 atom stereocenters. The zero-order valence-corrected chi connectivity index (χ0v) is 23.7. The Morgan fingerprint density at radius 3 is 2.45 bits per heavy atom. The highest BCUT2D eigenvalue weighted by Crippen LogP contribution is 2.46. The van der Waals surface area contributed by atoms with E-state index in [2.05, 4.69) is 27.4 Å². The number of allylic oxidation sites excluding steroid dienone is 2. The number of carbonyl (C=O) groups is 1. The van der Waals surface area contributed by atoms with Crippen molar-refractivity contribution in [2.24, 2.45) is 0 Å². The number of aliphatic hydroxyl groups excluding tert-OH is 3. The number of hydrogen-bond acceptors (Lipinski definition) is 6. The molecule has 6 heteroatoms. The van der Waals surface area contributed by atoms with E-state index in [4.69, 9.17) is 4.74 Å². The summed E-state index contributed by atoms with van der Waals surface area (Å²) in [5.41, 5.74) is 2.42. The van der Waals surface area contributed by atoms with Crippen LogP contribution in [0.15, 0.2) is 82.8 Å². The second-order valence-electron chi connectivity index (χ2n) is 10.9. The molecule has 0 aromatic heterocycles. The van der Waals surface area contributed by atoms with Crippen LogP contribution in [0.5, 0.6) is 0 Å². The zero-order valence-electron chi connectivity index (χ0n) is 22.9. The molecule has 0 saturated heterocycles. The van der Waals surface area contributed by atoms with Gasteiger partial charge in [0, 0.05) is 4.90 Å². The van der Waals surface area contributed by atoms with Gasteiger partial charge in [0.25, 0.3) is 0 Å². The number of rotatable bonds is 11. The molecule has 1 heterocycles. The Labute approximate surface area is 230 Å². The topological polar surface area (TPSA) is 87.0 Å². The number of benzene rings is 2. The van der Waals surface area contributed by atoms with Gasteiger partial charge in [0.05, 0.1) is 19.1 Å². The molecule has 2 aromatic carbocycles. The Balaban J connectivity index is 1.90. The number of hydrogen-bond donors (Lipinski definition) is 3. The van der Waals surface area contributed by atoms with Crippen molar-refractivity contribution in [3.8, 4) is 0 Å². The van der Waals surface area contributed by atoms with E-state index in [9.17, 15) is 20.1 Å². The van der Waals surface area contributed by atoms with Gasteiger partial charge in [0.2, 0.25) is 0 Å². The van der Waals surface area contributed by atoms with Gasteiger partial charge in [-0.15, -0.1) is 6.58 Å². The molecule has 3 N–H and O–H groups in total. The normalized spacial score (nSPS) is 19.1. The Morgan fingerprint density at radius 2 is 1.84 bits per heavy atom. The average Bonchev–Trinajstić information content (AvgIpc) is 2.88. The molecule has 0 bridgehead atoms. The zero-order chi connectivity index (χ0) is 27.9. The molecule has 38 heavy (non-hydrogen) atoms. The maximum atomic E-state index is 13.5. The second-order valence-corrected chi connectivity index (χ2v) is 11.9. The second kappa shape index (κ2) is 12.8. The van der Waals surface area contributed by atoms with E-state index in [0.29, 0.717) is 19.3 Å². The molecular formula is C32H40O5S. The van der Waals surface area contributed by atoms with Gasteiger partial charge >= 0.3 is 5.97 Å². The van der Waals surface area contributed by atoms with Crippen LogP contribution in [-0.2, 0) is 27.2 Å². The van der Waals surface area contributed by atoms with Crippen molar-refractivity contribution in [3.63, 3.8) is 0 Å². The maximum Gasteiger partial charge on any atom is 0.349 e. The van der Waals surface area contributed by atoms with Gasteiger partial charge in [0.15, 0.2) is 0 Å². The lowest BCUT2D eigenvalue weighted by molar-refractivity contribution is -0.160. The molecule has 0 fully saturated rings. The van der Waals surface area contributed by atoms with Gasteiger partial charge < -0.3 is 20.1 Å². The van der Waals surface area contributed by atoms with Crippen LogP contribution in [-0.4, -0.2) is 27.4 Å². The highest BCUT2D eigenvalue weighted by atomic mass is 32.2. The Kier molecular flexibility index (Phi) is 10.0. The molecular weight excluding hydrogens is 496 g/mol. The summed E-state index contributed by atoms with van der Waals surface area (Å²) in [7, 11) is 0. The van der Waals surface area contributed by atoms with Gasteiger partial charge in [-0.2, -0.15) is 0 Å². The van der Waals surface area contributed by atoms with Crippen molar-refractivity contribution in [2.45, 2.75) is 88.4 Å². The molecule has 0 aliphatic carbocycles. The number of thioether (sulfide) groups is 1. The van der Waals surface area contributed by atoms with Crippen LogP contribution in [0.2, 0.25) is 0 Å². The number of ether oxygens (including phenoxy) is 1. The molecule has 0 spiro atoms. The number of aliphatic hydroxyl groups is 3. The van der Waals surface area contributed by atoms with Gasteiger partial charge in [0.1, 0.15) is 16.3 Å². The first-order valence-corrected chi connectivity index (χ1v) is 13.9. The van der Waals surface area contributed by atoms with Crippen molar-refractivity contribution in [1.82, 2.24) is 0 Å². The van der Waals surface area contributed by atoms with Crippen molar-refractivity contribution in [1.29, 1.82) is 0 Å². The molecule has 3 rings (SSSR count). The summed E-state index contributed by atoms with van der Waals surface area (Å²) in [4.78, 5) is 14.5. The highest BCUT2D eigenvalue weighted by molar-refractivity contribution is 8.04. The quantitative estimate of drug-likeness (QED) is 0.209. The first kappa shape index (κ1) is 29.8. The summed E-state index contributed by atoms with van der Waals surface area (Å²) in [6.07, 6.45) is 7.74. The Hall–Kier alpha value is -2.80. The largest absolute Gasteiger partial charge is 0.511 e. The van der Waals surface area contributed by atoms with Crippen LogP contribution in [0, 0.1) is 6.92 Å². The minimum atomic E-state index is -0.971. The van der Waals surface area contributed by atoms with Crippen LogP contribution < -0.4 is 0 Å². The molecule has 0 amide bonds. The molecule has 2 unspecified atom stereocenters. The third-order valence-electron chi connectivity index (χ3n) is 6.90.